The SMILES string of the molecule is COC[C@H](C)N1CCN([C@@H](C)C(=O)N(CCC#N)c2ccc(F)cc2)CC1. The Labute approximate surface area is 161 Å². The number of amides is 1. The molecule has 1 aromatic carbocycles. The molecule has 2 atom stereocenters. The van der Waals surface area contributed by atoms with Crippen LogP contribution in [0.5, 0.6) is 0 Å². The van der Waals surface area contributed by atoms with E-state index in [0.29, 0.717) is 24.9 Å². The van der Waals surface area contributed by atoms with E-state index < -0.39 is 0 Å². The summed E-state index contributed by atoms with van der Waals surface area (Å²) in [4.78, 5) is 19.2. The second-order valence-corrected chi connectivity index (χ2v) is 6.93. The molecule has 6 nitrogen and oxygen atoms in total. The molecule has 2 rings (SSSR count). The van der Waals surface area contributed by atoms with Gasteiger partial charge in [0.05, 0.1) is 25.1 Å². The minimum atomic E-state index is -0.346. The number of ether oxygens (including phenoxy) is 1. The number of piperazine rings is 1. The molecule has 0 N–H and O–H groups in total. The summed E-state index contributed by atoms with van der Waals surface area (Å²) in [5, 5.41) is 8.93. The fourth-order valence-electron chi connectivity index (χ4n) is 3.44. The van der Waals surface area contributed by atoms with Crippen LogP contribution in [0.1, 0.15) is 20.3 Å². The van der Waals surface area contributed by atoms with Crippen LogP contribution in [0.4, 0.5) is 10.1 Å². The number of nitriles is 1. The van der Waals surface area contributed by atoms with E-state index in [4.69, 9.17) is 10.00 Å². The Morgan fingerprint density at radius 3 is 2.37 bits per heavy atom. The molecular formula is C20H29FN4O2. The van der Waals surface area contributed by atoms with Crippen molar-refractivity contribution in [2.45, 2.75) is 32.4 Å². The lowest BCUT2D eigenvalue weighted by Gasteiger charge is -2.41. The third kappa shape index (κ3) is 5.73. The van der Waals surface area contributed by atoms with Crippen LogP contribution in [0, 0.1) is 17.1 Å². The monoisotopic (exact) mass is 376 g/mol. The molecule has 0 aromatic heterocycles. The van der Waals surface area contributed by atoms with Gasteiger partial charge in [-0.2, -0.15) is 5.26 Å². The highest BCUT2D eigenvalue weighted by atomic mass is 19.1. The van der Waals surface area contributed by atoms with Crippen LogP contribution >= 0.6 is 0 Å². The Morgan fingerprint density at radius 1 is 1.22 bits per heavy atom. The Hall–Kier alpha value is -2.01. The molecule has 7 heteroatoms. The lowest BCUT2D eigenvalue weighted by molar-refractivity contribution is -0.124. The van der Waals surface area contributed by atoms with E-state index >= 15 is 0 Å². The predicted octanol–water partition coefficient (Wildman–Crippen LogP) is 2.11. The number of halogens is 1. The van der Waals surface area contributed by atoms with Crippen LogP contribution in [-0.4, -0.2) is 74.2 Å². The minimum absolute atomic E-state index is 0.0600. The quantitative estimate of drug-likeness (QED) is 0.696. The lowest BCUT2D eigenvalue weighted by atomic mass is 10.1. The first kappa shape index (κ1) is 21.3. The molecule has 0 radical (unpaired) electrons. The summed E-state index contributed by atoms with van der Waals surface area (Å²) >= 11 is 0. The number of rotatable bonds is 8. The summed E-state index contributed by atoms with van der Waals surface area (Å²) < 4.78 is 18.5. The van der Waals surface area contributed by atoms with Crippen molar-refractivity contribution >= 4 is 11.6 Å². The molecule has 27 heavy (non-hydrogen) atoms. The van der Waals surface area contributed by atoms with Gasteiger partial charge < -0.3 is 9.64 Å². The van der Waals surface area contributed by atoms with Gasteiger partial charge in [-0.25, -0.2) is 4.39 Å². The number of benzene rings is 1. The minimum Gasteiger partial charge on any atom is -0.383 e. The lowest BCUT2D eigenvalue weighted by Crippen LogP contribution is -2.56. The molecule has 1 aliphatic heterocycles. The Morgan fingerprint density at radius 2 is 1.81 bits per heavy atom. The molecule has 0 spiro atoms. The number of anilines is 1. The van der Waals surface area contributed by atoms with Crippen LogP contribution in [0.2, 0.25) is 0 Å². The molecule has 0 unspecified atom stereocenters. The maximum absolute atomic E-state index is 13.2. The zero-order valence-corrected chi connectivity index (χ0v) is 16.4. The summed E-state index contributed by atoms with van der Waals surface area (Å²) in [6.07, 6.45) is 0.234. The van der Waals surface area contributed by atoms with Gasteiger partial charge in [0.1, 0.15) is 5.82 Å². The van der Waals surface area contributed by atoms with Gasteiger partial charge in [0.2, 0.25) is 5.91 Å². The highest BCUT2D eigenvalue weighted by Gasteiger charge is 2.30. The van der Waals surface area contributed by atoms with Gasteiger partial charge in [-0.1, -0.05) is 0 Å². The number of carbonyl (C=O) groups excluding carboxylic acids is 1. The van der Waals surface area contributed by atoms with Crippen LogP contribution in [0.15, 0.2) is 24.3 Å². The van der Waals surface area contributed by atoms with Gasteiger partial charge >= 0.3 is 0 Å². The van der Waals surface area contributed by atoms with Crippen LogP contribution < -0.4 is 4.90 Å². The first-order valence-corrected chi connectivity index (χ1v) is 9.38. The Kier molecular flexibility index (Phi) is 8.17. The summed E-state index contributed by atoms with van der Waals surface area (Å²) in [5.41, 5.74) is 0.621. The summed E-state index contributed by atoms with van der Waals surface area (Å²) in [5.74, 6) is -0.406. The van der Waals surface area contributed by atoms with E-state index in [1.165, 1.54) is 12.1 Å². The van der Waals surface area contributed by atoms with Crippen molar-refractivity contribution in [3.05, 3.63) is 30.1 Å². The largest absolute Gasteiger partial charge is 0.383 e. The summed E-state index contributed by atoms with van der Waals surface area (Å²) in [6, 6.07) is 7.98. The fraction of sp³-hybridized carbons (Fsp3) is 0.600. The normalized spacial score (nSPS) is 17.9. The molecule has 0 aliphatic carbocycles. The maximum atomic E-state index is 13.2. The zero-order valence-electron chi connectivity index (χ0n) is 16.4. The predicted molar refractivity (Wildman–Crippen MR) is 103 cm³/mol. The van der Waals surface area contributed by atoms with Gasteiger partial charge in [-0.3, -0.25) is 14.6 Å². The highest BCUT2D eigenvalue weighted by Crippen LogP contribution is 2.19. The number of hydrogen-bond donors (Lipinski definition) is 0. The third-order valence-electron chi connectivity index (χ3n) is 5.14. The van der Waals surface area contributed by atoms with E-state index in [1.54, 1.807) is 24.1 Å². The van der Waals surface area contributed by atoms with E-state index in [-0.39, 0.29) is 24.2 Å². The van der Waals surface area contributed by atoms with E-state index in [9.17, 15) is 9.18 Å². The van der Waals surface area contributed by atoms with Crippen molar-refractivity contribution in [3.63, 3.8) is 0 Å². The van der Waals surface area contributed by atoms with E-state index in [2.05, 4.69) is 22.8 Å². The van der Waals surface area contributed by atoms with Crippen molar-refractivity contribution in [1.29, 1.82) is 5.26 Å². The van der Waals surface area contributed by atoms with E-state index in [1.807, 2.05) is 6.92 Å². The molecule has 1 aromatic rings. The number of methoxy groups -OCH3 is 1. The zero-order chi connectivity index (χ0) is 19.8. The molecule has 1 saturated heterocycles. The van der Waals surface area contributed by atoms with Crippen molar-refractivity contribution < 1.29 is 13.9 Å². The van der Waals surface area contributed by atoms with Crippen LogP contribution in [-0.2, 0) is 9.53 Å². The van der Waals surface area contributed by atoms with Crippen molar-refractivity contribution in [1.82, 2.24) is 9.80 Å². The summed E-state index contributed by atoms with van der Waals surface area (Å²) in [6.45, 7) is 8.42. The molecule has 1 fully saturated rings. The van der Waals surface area contributed by atoms with Crippen LogP contribution in [0.3, 0.4) is 0 Å². The topological polar surface area (TPSA) is 59.8 Å². The fourth-order valence-corrected chi connectivity index (χ4v) is 3.44. The van der Waals surface area contributed by atoms with Gasteiger partial charge in [-0.05, 0) is 38.1 Å². The molecule has 148 valence electrons. The molecule has 1 heterocycles. The molecule has 0 bridgehead atoms. The molecule has 0 saturated carbocycles. The summed E-state index contributed by atoms with van der Waals surface area (Å²) in [7, 11) is 1.71. The third-order valence-corrected chi connectivity index (χ3v) is 5.14. The number of hydrogen-bond acceptors (Lipinski definition) is 5. The van der Waals surface area contributed by atoms with Crippen LogP contribution in [0.25, 0.3) is 0 Å². The number of nitrogens with zero attached hydrogens (tertiary/aromatic N) is 4. The highest BCUT2D eigenvalue weighted by molar-refractivity contribution is 5.97. The second kappa shape index (κ2) is 10.4. The standard InChI is InChI=1S/C20H29FN4O2/c1-16(15-27-3)23-11-13-24(14-12-23)17(2)20(26)25(10-4-9-22)19-7-5-18(21)6-8-19/h5-8,16-17H,4,10-15H2,1-3H3/t16-,17-/m0/s1. The van der Waals surface area contributed by atoms with Crippen molar-refractivity contribution in [2.75, 3.05) is 51.3 Å². The van der Waals surface area contributed by atoms with Gasteiger partial charge in [-0.15, -0.1) is 0 Å². The average molecular weight is 376 g/mol. The van der Waals surface area contributed by atoms with Gasteiger partial charge in [0.25, 0.3) is 0 Å². The Balaban J connectivity index is 2.02. The first-order chi connectivity index (χ1) is 13.0. The van der Waals surface area contributed by atoms with Gasteiger partial charge in [0, 0.05) is 51.6 Å². The maximum Gasteiger partial charge on any atom is 0.244 e. The second-order valence-electron chi connectivity index (χ2n) is 6.93. The number of carbonyl (C=O) groups is 1. The van der Waals surface area contributed by atoms with Gasteiger partial charge in [0.15, 0.2) is 0 Å². The molecular weight excluding hydrogens is 347 g/mol. The van der Waals surface area contributed by atoms with Crippen molar-refractivity contribution in [2.24, 2.45) is 0 Å². The van der Waals surface area contributed by atoms with E-state index in [0.717, 1.165) is 26.2 Å². The Bertz CT molecular complexity index is 638. The first-order valence-electron chi connectivity index (χ1n) is 9.38. The average Bonchev–Trinajstić information content (AvgIpc) is 2.69. The smallest absolute Gasteiger partial charge is 0.244 e. The molecule has 1 amide bonds. The molecule has 1 aliphatic rings. The van der Waals surface area contributed by atoms with Crippen molar-refractivity contribution in [3.8, 4) is 6.07 Å².